The van der Waals surface area contributed by atoms with Gasteiger partial charge in [-0.1, -0.05) is 13.3 Å². The molecule has 1 aromatic rings. The molecular weight excluding hydrogens is 286 g/mol. The lowest BCUT2D eigenvalue weighted by Gasteiger charge is -2.34. The second-order valence-corrected chi connectivity index (χ2v) is 7.42. The van der Waals surface area contributed by atoms with Crippen LogP contribution < -0.4 is 4.74 Å². The number of piperidine rings is 1. The maximum absolute atomic E-state index is 12.9. The first-order valence-corrected chi connectivity index (χ1v) is 9.20. The number of ether oxygens (including phenoxy) is 1. The van der Waals surface area contributed by atoms with E-state index in [-0.39, 0.29) is 6.04 Å². The van der Waals surface area contributed by atoms with Gasteiger partial charge in [-0.3, -0.25) is 0 Å². The monoisotopic (exact) mass is 311 g/mol. The van der Waals surface area contributed by atoms with Crippen LogP contribution in [0.5, 0.6) is 5.75 Å². The minimum absolute atomic E-state index is 0.135. The Morgan fingerprint density at radius 2 is 2.05 bits per heavy atom. The van der Waals surface area contributed by atoms with Gasteiger partial charge in [0, 0.05) is 12.6 Å². The van der Waals surface area contributed by atoms with Crippen molar-refractivity contribution in [1.29, 1.82) is 0 Å². The molecule has 1 atom stereocenters. The van der Waals surface area contributed by atoms with Gasteiger partial charge in [-0.2, -0.15) is 4.31 Å². The number of aryl methyl sites for hydroxylation is 1. The van der Waals surface area contributed by atoms with Crippen molar-refractivity contribution >= 4 is 10.0 Å². The smallest absolute Gasteiger partial charge is 0.243 e. The van der Waals surface area contributed by atoms with Crippen molar-refractivity contribution in [3.8, 4) is 5.75 Å². The molecule has 21 heavy (non-hydrogen) atoms. The summed E-state index contributed by atoms with van der Waals surface area (Å²) >= 11 is 0. The molecule has 4 nitrogen and oxygen atoms in total. The second-order valence-electron chi connectivity index (χ2n) is 5.53. The molecule has 2 rings (SSSR count). The van der Waals surface area contributed by atoms with Crippen LogP contribution >= 0.6 is 0 Å². The van der Waals surface area contributed by atoms with Gasteiger partial charge in [0.05, 0.1) is 11.5 Å². The summed E-state index contributed by atoms with van der Waals surface area (Å²) in [6, 6.07) is 5.28. The van der Waals surface area contributed by atoms with Crippen molar-refractivity contribution in [1.82, 2.24) is 4.31 Å². The van der Waals surface area contributed by atoms with Crippen molar-refractivity contribution in [3.63, 3.8) is 0 Å². The number of rotatable bonds is 5. The summed E-state index contributed by atoms with van der Waals surface area (Å²) in [6.07, 6.45) is 3.90. The molecular formula is C16H25NO3S. The van der Waals surface area contributed by atoms with Crippen LogP contribution in [0.1, 0.15) is 45.1 Å². The summed E-state index contributed by atoms with van der Waals surface area (Å²) in [5.41, 5.74) is 0.864. The van der Waals surface area contributed by atoms with Crippen LogP contribution in [0.2, 0.25) is 0 Å². The van der Waals surface area contributed by atoms with E-state index in [0.717, 1.165) is 37.0 Å². The van der Waals surface area contributed by atoms with Crippen LogP contribution in [0.25, 0.3) is 0 Å². The van der Waals surface area contributed by atoms with Crippen LogP contribution in [0.15, 0.2) is 23.1 Å². The third kappa shape index (κ3) is 3.40. The summed E-state index contributed by atoms with van der Waals surface area (Å²) in [5.74, 6) is 0.752. The molecule has 5 heteroatoms. The van der Waals surface area contributed by atoms with Gasteiger partial charge in [0.25, 0.3) is 0 Å². The van der Waals surface area contributed by atoms with E-state index in [4.69, 9.17) is 4.74 Å². The van der Waals surface area contributed by atoms with E-state index < -0.39 is 10.0 Å². The predicted octanol–water partition coefficient (Wildman–Crippen LogP) is 3.35. The van der Waals surface area contributed by atoms with E-state index in [1.165, 1.54) is 0 Å². The minimum atomic E-state index is -3.40. The average Bonchev–Trinajstić information content (AvgIpc) is 2.49. The van der Waals surface area contributed by atoms with Gasteiger partial charge < -0.3 is 4.74 Å². The van der Waals surface area contributed by atoms with Crippen molar-refractivity contribution in [3.05, 3.63) is 23.8 Å². The third-order valence-electron chi connectivity index (χ3n) is 4.10. The SMILES string of the molecule is CCOc1ccc(S(=O)(=O)N2CCCCC2CC)cc1C. The summed E-state index contributed by atoms with van der Waals surface area (Å²) < 4.78 is 32.9. The largest absolute Gasteiger partial charge is 0.494 e. The van der Waals surface area contributed by atoms with Crippen LogP contribution in [-0.4, -0.2) is 31.9 Å². The van der Waals surface area contributed by atoms with Gasteiger partial charge in [0.15, 0.2) is 0 Å². The van der Waals surface area contributed by atoms with E-state index in [9.17, 15) is 8.42 Å². The highest BCUT2D eigenvalue weighted by atomic mass is 32.2. The van der Waals surface area contributed by atoms with E-state index in [0.29, 0.717) is 18.0 Å². The molecule has 1 aliphatic rings. The zero-order valence-corrected chi connectivity index (χ0v) is 13.9. The van der Waals surface area contributed by atoms with Crippen LogP contribution in [0, 0.1) is 6.92 Å². The fourth-order valence-corrected chi connectivity index (χ4v) is 4.79. The average molecular weight is 311 g/mol. The molecule has 1 aliphatic heterocycles. The summed E-state index contributed by atoms with van der Waals surface area (Å²) in [6.45, 7) is 7.08. The lowest BCUT2D eigenvalue weighted by atomic mass is 10.0. The molecule has 1 unspecified atom stereocenters. The number of hydrogen-bond acceptors (Lipinski definition) is 3. The number of sulfonamides is 1. The molecule has 0 radical (unpaired) electrons. The Hall–Kier alpha value is -1.07. The molecule has 1 heterocycles. The van der Waals surface area contributed by atoms with Crippen LogP contribution in [0.3, 0.4) is 0 Å². The Morgan fingerprint density at radius 1 is 1.29 bits per heavy atom. The summed E-state index contributed by atoms with van der Waals surface area (Å²) in [4.78, 5) is 0.379. The summed E-state index contributed by atoms with van der Waals surface area (Å²) in [7, 11) is -3.40. The zero-order chi connectivity index (χ0) is 15.5. The van der Waals surface area contributed by atoms with Crippen LogP contribution in [-0.2, 0) is 10.0 Å². The summed E-state index contributed by atoms with van der Waals surface area (Å²) in [5, 5.41) is 0. The standard InChI is InChI=1S/C16H25NO3S/c1-4-14-8-6-7-11-17(14)21(18,19)15-9-10-16(20-5-2)13(3)12-15/h9-10,12,14H,4-8,11H2,1-3H3. The Kier molecular flexibility index (Phi) is 5.27. The zero-order valence-electron chi connectivity index (χ0n) is 13.1. The molecule has 0 amide bonds. The topological polar surface area (TPSA) is 46.6 Å². The number of hydrogen-bond donors (Lipinski definition) is 0. The third-order valence-corrected chi connectivity index (χ3v) is 6.05. The number of nitrogens with zero attached hydrogens (tertiary/aromatic N) is 1. The van der Waals surface area contributed by atoms with Gasteiger partial charge in [-0.15, -0.1) is 0 Å². The highest BCUT2D eigenvalue weighted by molar-refractivity contribution is 7.89. The number of benzene rings is 1. The minimum Gasteiger partial charge on any atom is -0.494 e. The molecule has 0 saturated carbocycles. The first kappa shape index (κ1) is 16.3. The molecule has 118 valence electrons. The molecule has 0 aliphatic carbocycles. The lowest BCUT2D eigenvalue weighted by Crippen LogP contribution is -2.43. The quantitative estimate of drug-likeness (QED) is 0.838. The van der Waals surface area contributed by atoms with E-state index >= 15 is 0 Å². The second kappa shape index (κ2) is 6.79. The maximum Gasteiger partial charge on any atom is 0.243 e. The fraction of sp³-hybridized carbons (Fsp3) is 0.625. The molecule has 0 aromatic heterocycles. The Labute approximate surface area is 128 Å². The Balaban J connectivity index is 2.32. The van der Waals surface area contributed by atoms with Crippen molar-refractivity contribution in [2.75, 3.05) is 13.2 Å². The Bertz CT molecular complexity index is 583. The van der Waals surface area contributed by atoms with Gasteiger partial charge in [0.1, 0.15) is 5.75 Å². The first-order chi connectivity index (χ1) is 10.0. The first-order valence-electron chi connectivity index (χ1n) is 7.76. The lowest BCUT2D eigenvalue weighted by molar-refractivity contribution is 0.246. The van der Waals surface area contributed by atoms with Gasteiger partial charge >= 0.3 is 0 Å². The molecule has 0 bridgehead atoms. The molecule has 1 saturated heterocycles. The van der Waals surface area contributed by atoms with Gasteiger partial charge in [-0.05, 0) is 56.9 Å². The highest BCUT2D eigenvalue weighted by Gasteiger charge is 2.32. The van der Waals surface area contributed by atoms with Crippen molar-refractivity contribution < 1.29 is 13.2 Å². The van der Waals surface area contributed by atoms with Crippen LogP contribution in [0.4, 0.5) is 0 Å². The fourth-order valence-electron chi connectivity index (χ4n) is 2.93. The maximum atomic E-state index is 12.9. The van der Waals surface area contributed by atoms with E-state index in [1.807, 2.05) is 13.8 Å². The molecule has 1 fully saturated rings. The van der Waals surface area contributed by atoms with Gasteiger partial charge in [0.2, 0.25) is 10.0 Å². The van der Waals surface area contributed by atoms with Crippen molar-refractivity contribution in [2.24, 2.45) is 0 Å². The van der Waals surface area contributed by atoms with E-state index in [1.54, 1.807) is 22.5 Å². The van der Waals surface area contributed by atoms with Crippen molar-refractivity contribution in [2.45, 2.75) is 57.4 Å². The highest BCUT2D eigenvalue weighted by Crippen LogP contribution is 2.29. The Morgan fingerprint density at radius 3 is 2.67 bits per heavy atom. The predicted molar refractivity (Wildman–Crippen MR) is 84.2 cm³/mol. The molecule has 0 N–H and O–H groups in total. The molecule has 0 spiro atoms. The van der Waals surface area contributed by atoms with E-state index in [2.05, 4.69) is 6.92 Å². The normalized spacial score (nSPS) is 20.4. The molecule has 1 aromatic carbocycles. The van der Waals surface area contributed by atoms with Gasteiger partial charge in [-0.25, -0.2) is 8.42 Å².